The van der Waals surface area contributed by atoms with Crippen LogP contribution in [0.25, 0.3) is 0 Å². The maximum absolute atomic E-state index is 3.32. The Balaban J connectivity index is 1.77. The van der Waals surface area contributed by atoms with Crippen LogP contribution in [-0.2, 0) is 0 Å². The number of nitrogens with one attached hydrogen (secondary N) is 1. The van der Waals surface area contributed by atoms with Gasteiger partial charge in [0, 0.05) is 6.04 Å². The maximum atomic E-state index is 3.32. The molecule has 0 spiro atoms. The van der Waals surface area contributed by atoms with Crippen LogP contribution in [0.1, 0.15) is 46.0 Å². The van der Waals surface area contributed by atoms with E-state index in [1.807, 2.05) is 0 Å². The number of piperidine rings is 1. The average molecular weight is 224 g/mol. The second-order valence-corrected chi connectivity index (χ2v) is 6.60. The van der Waals surface area contributed by atoms with E-state index < -0.39 is 0 Å². The largest absolute Gasteiger partial charge is 0.319 e. The van der Waals surface area contributed by atoms with Gasteiger partial charge < -0.3 is 10.2 Å². The van der Waals surface area contributed by atoms with Crippen LogP contribution in [0.4, 0.5) is 0 Å². The third-order valence-electron chi connectivity index (χ3n) is 4.60. The van der Waals surface area contributed by atoms with Crippen molar-refractivity contribution in [1.82, 2.24) is 10.2 Å². The van der Waals surface area contributed by atoms with E-state index in [2.05, 4.69) is 31.1 Å². The van der Waals surface area contributed by atoms with Gasteiger partial charge >= 0.3 is 0 Å². The Morgan fingerprint density at radius 3 is 2.38 bits per heavy atom. The molecule has 0 radical (unpaired) electrons. The predicted molar refractivity (Wildman–Crippen MR) is 69.6 cm³/mol. The van der Waals surface area contributed by atoms with E-state index in [0.29, 0.717) is 5.41 Å². The van der Waals surface area contributed by atoms with Crippen LogP contribution in [0.5, 0.6) is 0 Å². The lowest BCUT2D eigenvalue weighted by molar-refractivity contribution is 0.127. The third kappa shape index (κ3) is 2.98. The van der Waals surface area contributed by atoms with E-state index in [1.54, 1.807) is 0 Å². The minimum atomic E-state index is 0.604. The molecule has 0 aromatic carbocycles. The van der Waals surface area contributed by atoms with Crippen molar-refractivity contribution < 1.29 is 0 Å². The topological polar surface area (TPSA) is 15.3 Å². The van der Waals surface area contributed by atoms with Gasteiger partial charge in [0.1, 0.15) is 0 Å². The summed E-state index contributed by atoms with van der Waals surface area (Å²) in [5, 5.41) is 3.32. The van der Waals surface area contributed by atoms with E-state index in [0.717, 1.165) is 12.0 Å². The van der Waals surface area contributed by atoms with E-state index in [9.17, 15) is 0 Å². The maximum Gasteiger partial charge on any atom is 0.0100 e. The fraction of sp³-hybridized carbons (Fsp3) is 1.00. The molecule has 1 atom stereocenters. The van der Waals surface area contributed by atoms with Gasteiger partial charge in [-0.2, -0.15) is 0 Å². The highest BCUT2D eigenvalue weighted by Crippen LogP contribution is 2.40. The molecule has 2 fully saturated rings. The number of hydrogen-bond acceptors (Lipinski definition) is 2. The van der Waals surface area contributed by atoms with Crippen LogP contribution in [0, 0.1) is 11.3 Å². The summed E-state index contributed by atoms with van der Waals surface area (Å²) in [5.74, 6) is 0.927. The summed E-state index contributed by atoms with van der Waals surface area (Å²) < 4.78 is 0. The molecule has 0 aromatic rings. The molecule has 0 aromatic heterocycles. The zero-order valence-electron chi connectivity index (χ0n) is 11.3. The van der Waals surface area contributed by atoms with Crippen molar-refractivity contribution in [2.75, 3.05) is 26.7 Å². The Bertz CT molecular complexity index is 217. The molecule has 1 aliphatic carbocycles. The number of likely N-dealkylation sites (tertiary alicyclic amines) is 1. The van der Waals surface area contributed by atoms with Crippen LogP contribution >= 0.6 is 0 Å². The summed E-state index contributed by atoms with van der Waals surface area (Å²) >= 11 is 0. The van der Waals surface area contributed by atoms with Gasteiger partial charge in [0.25, 0.3) is 0 Å². The van der Waals surface area contributed by atoms with E-state index >= 15 is 0 Å². The normalized spacial score (nSPS) is 32.1. The minimum Gasteiger partial charge on any atom is -0.319 e. The lowest BCUT2D eigenvalue weighted by atomic mass is 9.91. The highest BCUT2D eigenvalue weighted by molar-refractivity contribution is 4.89. The quantitative estimate of drug-likeness (QED) is 0.792. The summed E-state index contributed by atoms with van der Waals surface area (Å²) in [7, 11) is 2.08. The third-order valence-corrected chi connectivity index (χ3v) is 4.60. The molecule has 2 nitrogen and oxygen atoms in total. The van der Waals surface area contributed by atoms with E-state index in [4.69, 9.17) is 0 Å². The summed E-state index contributed by atoms with van der Waals surface area (Å²) in [6, 6.07) is 0.894. The van der Waals surface area contributed by atoms with Gasteiger partial charge in [0.05, 0.1) is 0 Å². The van der Waals surface area contributed by atoms with Crippen LogP contribution in [0.3, 0.4) is 0 Å². The molecule has 0 bridgehead atoms. The Morgan fingerprint density at radius 1 is 1.19 bits per heavy atom. The lowest BCUT2D eigenvalue weighted by Crippen LogP contribution is -2.42. The molecular formula is C14H28N2. The lowest BCUT2D eigenvalue weighted by Gasteiger charge is -2.36. The van der Waals surface area contributed by atoms with Crippen LogP contribution in [-0.4, -0.2) is 37.6 Å². The molecule has 1 unspecified atom stereocenters. The molecule has 1 heterocycles. The SMILES string of the molecule is CNCC1CCN(C2CCC(C)(C)C2)CC1. The molecule has 0 amide bonds. The fourth-order valence-corrected chi connectivity index (χ4v) is 3.52. The first kappa shape index (κ1) is 12.4. The van der Waals surface area contributed by atoms with Gasteiger partial charge in [0.15, 0.2) is 0 Å². The van der Waals surface area contributed by atoms with Crippen molar-refractivity contribution in [2.45, 2.75) is 52.0 Å². The summed E-state index contributed by atoms with van der Waals surface area (Å²) in [4.78, 5) is 2.76. The van der Waals surface area contributed by atoms with Gasteiger partial charge in [-0.25, -0.2) is 0 Å². The Hall–Kier alpha value is -0.0800. The van der Waals surface area contributed by atoms with Gasteiger partial charge in [-0.3, -0.25) is 0 Å². The van der Waals surface area contributed by atoms with Crippen molar-refractivity contribution in [3.63, 3.8) is 0 Å². The van der Waals surface area contributed by atoms with Gasteiger partial charge in [0.2, 0.25) is 0 Å². The van der Waals surface area contributed by atoms with Crippen molar-refractivity contribution in [1.29, 1.82) is 0 Å². The zero-order valence-corrected chi connectivity index (χ0v) is 11.3. The molecular weight excluding hydrogens is 196 g/mol. The van der Waals surface area contributed by atoms with E-state index in [-0.39, 0.29) is 0 Å². The zero-order chi connectivity index (χ0) is 11.6. The van der Waals surface area contributed by atoms with Crippen LogP contribution in [0.2, 0.25) is 0 Å². The highest BCUT2D eigenvalue weighted by atomic mass is 15.2. The first-order chi connectivity index (χ1) is 7.61. The minimum absolute atomic E-state index is 0.604. The summed E-state index contributed by atoms with van der Waals surface area (Å²) in [5.41, 5.74) is 0.604. The first-order valence-corrected chi connectivity index (χ1v) is 6.99. The van der Waals surface area contributed by atoms with Crippen LogP contribution in [0.15, 0.2) is 0 Å². The Labute approximate surface area is 101 Å². The highest BCUT2D eigenvalue weighted by Gasteiger charge is 2.35. The Kier molecular flexibility index (Phi) is 3.91. The summed E-state index contributed by atoms with van der Waals surface area (Å²) in [6.07, 6.45) is 7.08. The molecule has 2 heteroatoms. The molecule has 1 saturated carbocycles. The molecule has 1 saturated heterocycles. The molecule has 16 heavy (non-hydrogen) atoms. The monoisotopic (exact) mass is 224 g/mol. The van der Waals surface area contributed by atoms with Gasteiger partial charge in [-0.05, 0) is 70.1 Å². The van der Waals surface area contributed by atoms with E-state index in [1.165, 1.54) is 51.7 Å². The number of rotatable bonds is 3. The molecule has 1 aliphatic heterocycles. The second-order valence-electron chi connectivity index (χ2n) is 6.60. The standard InChI is InChI=1S/C14H28N2/c1-14(2)7-4-13(10-14)16-8-5-12(6-9-16)11-15-3/h12-13,15H,4-11H2,1-3H3. The van der Waals surface area contributed by atoms with Gasteiger partial charge in [-0.1, -0.05) is 13.8 Å². The summed E-state index contributed by atoms with van der Waals surface area (Å²) in [6.45, 7) is 8.76. The van der Waals surface area contributed by atoms with Crippen molar-refractivity contribution in [2.24, 2.45) is 11.3 Å². The van der Waals surface area contributed by atoms with Crippen molar-refractivity contribution in [3.8, 4) is 0 Å². The smallest absolute Gasteiger partial charge is 0.0100 e. The second kappa shape index (κ2) is 5.05. The van der Waals surface area contributed by atoms with Gasteiger partial charge in [-0.15, -0.1) is 0 Å². The molecule has 2 aliphatic rings. The van der Waals surface area contributed by atoms with Crippen molar-refractivity contribution >= 4 is 0 Å². The molecule has 1 N–H and O–H groups in total. The first-order valence-electron chi connectivity index (χ1n) is 6.99. The Morgan fingerprint density at radius 2 is 1.88 bits per heavy atom. The van der Waals surface area contributed by atoms with Crippen LogP contribution < -0.4 is 5.32 Å². The molecule has 2 rings (SSSR count). The average Bonchev–Trinajstić information content (AvgIpc) is 2.61. The number of hydrogen-bond donors (Lipinski definition) is 1. The van der Waals surface area contributed by atoms with Crippen molar-refractivity contribution in [3.05, 3.63) is 0 Å². The fourth-order valence-electron chi connectivity index (χ4n) is 3.52. The predicted octanol–water partition coefficient (Wildman–Crippen LogP) is 2.50. The molecule has 94 valence electrons. The number of nitrogens with zero attached hydrogens (tertiary/aromatic N) is 1.